The van der Waals surface area contributed by atoms with Gasteiger partial charge in [-0.15, -0.1) is 0 Å². The minimum Gasteiger partial charge on any atom is -0.388 e. The first-order valence-corrected chi connectivity index (χ1v) is 4.00. The van der Waals surface area contributed by atoms with Gasteiger partial charge >= 0.3 is 0 Å². The molecular weight excluding hydrogens is 148 g/mol. The SMILES string of the molecule is CC(N)=NCc1cccc(C)c1. The van der Waals surface area contributed by atoms with Crippen LogP contribution in [0.1, 0.15) is 18.1 Å². The second kappa shape index (κ2) is 3.90. The van der Waals surface area contributed by atoms with E-state index in [-0.39, 0.29) is 0 Å². The van der Waals surface area contributed by atoms with Crippen molar-refractivity contribution in [3.8, 4) is 0 Å². The molecule has 64 valence electrons. The van der Waals surface area contributed by atoms with E-state index in [0.717, 1.165) is 0 Å². The number of benzene rings is 1. The fraction of sp³-hybridized carbons (Fsp3) is 0.300. The maximum absolute atomic E-state index is 5.43. The van der Waals surface area contributed by atoms with E-state index in [1.807, 2.05) is 6.07 Å². The molecule has 0 spiro atoms. The topological polar surface area (TPSA) is 38.4 Å². The molecule has 0 aliphatic carbocycles. The highest BCUT2D eigenvalue weighted by Crippen LogP contribution is 2.04. The summed E-state index contributed by atoms with van der Waals surface area (Å²) in [6, 6.07) is 8.28. The molecule has 1 rings (SSSR count). The standard InChI is InChI=1S/C10H14N2/c1-8-4-3-5-10(6-8)7-12-9(2)11/h3-6H,7H2,1-2H3,(H2,11,12). The molecule has 0 heterocycles. The Bertz CT molecular complexity index is 286. The Hall–Kier alpha value is -1.31. The van der Waals surface area contributed by atoms with Gasteiger partial charge in [0.05, 0.1) is 12.4 Å². The van der Waals surface area contributed by atoms with Gasteiger partial charge in [0.15, 0.2) is 0 Å². The van der Waals surface area contributed by atoms with Crippen LogP contribution in [-0.4, -0.2) is 5.84 Å². The normalized spacial score (nSPS) is 11.7. The van der Waals surface area contributed by atoms with Gasteiger partial charge in [0.2, 0.25) is 0 Å². The predicted octanol–water partition coefficient (Wildman–Crippen LogP) is 1.87. The molecule has 2 N–H and O–H groups in total. The lowest BCUT2D eigenvalue weighted by atomic mass is 10.1. The minimum absolute atomic E-state index is 0.636. The van der Waals surface area contributed by atoms with Crippen molar-refractivity contribution >= 4 is 5.84 Å². The molecule has 0 atom stereocenters. The number of hydrogen-bond donors (Lipinski definition) is 1. The zero-order chi connectivity index (χ0) is 8.97. The molecule has 0 saturated heterocycles. The van der Waals surface area contributed by atoms with E-state index in [9.17, 15) is 0 Å². The summed E-state index contributed by atoms with van der Waals surface area (Å²) in [5.74, 6) is 0.636. The number of amidine groups is 1. The molecule has 0 bridgehead atoms. The zero-order valence-corrected chi connectivity index (χ0v) is 7.54. The number of aryl methyl sites for hydroxylation is 1. The van der Waals surface area contributed by atoms with Gasteiger partial charge in [-0.2, -0.15) is 0 Å². The van der Waals surface area contributed by atoms with Crippen LogP contribution in [0, 0.1) is 6.92 Å². The lowest BCUT2D eigenvalue weighted by Crippen LogP contribution is -2.05. The van der Waals surface area contributed by atoms with E-state index in [4.69, 9.17) is 5.73 Å². The van der Waals surface area contributed by atoms with Crippen LogP contribution in [0.3, 0.4) is 0 Å². The summed E-state index contributed by atoms with van der Waals surface area (Å²) >= 11 is 0. The maximum atomic E-state index is 5.43. The summed E-state index contributed by atoms with van der Waals surface area (Å²) in [5, 5.41) is 0. The summed E-state index contributed by atoms with van der Waals surface area (Å²) in [6.07, 6.45) is 0. The fourth-order valence-electron chi connectivity index (χ4n) is 1.03. The number of nitrogens with two attached hydrogens (primary N) is 1. The van der Waals surface area contributed by atoms with E-state index in [1.165, 1.54) is 11.1 Å². The van der Waals surface area contributed by atoms with Crippen LogP contribution in [0.15, 0.2) is 29.3 Å². The van der Waals surface area contributed by atoms with Crippen molar-refractivity contribution < 1.29 is 0 Å². The summed E-state index contributed by atoms with van der Waals surface area (Å²) in [5.41, 5.74) is 7.90. The van der Waals surface area contributed by atoms with E-state index in [1.54, 1.807) is 6.92 Å². The van der Waals surface area contributed by atoms with Crippen LogP contribution >= 0.6 is 0 Å². The number of aliphatic imine (C=N–C) groups is 1. The summed E-state index contributed by atoms with van der Waals surface area (Å²) in [4.78, 5) is 4.13. The Morgan fingerprint density at radius 1 is 1.50 bits per heavy atom. The highest BCUT2D eigenvalue weighted by atomic mass is 14.8. The molecule has 1 aromatic rings. The van der Waals surface area contributed by atoms with Crippen molar-refractivity contribution in [2.24, 2.45) is 10.7 Å². The molecule has 0 unspecified atom stereocenters. The van der Waals surface area contributed by atoms with Gasteiger partial charge in [0.25, 0.3) is 0 Å². The molecule has 0 amide bonds. The van der Waals surface area contributed by atoms with Gasteiger partial charge in [-0.25, -0.2) is 0 Å². The first-order valence-electron chi connectivity index (χ1n) is 4.00. The Morgan fingerprint density at radius 3 is 2.83 bits per heavy atom. The summed E-state index contributed by atoms with van der Waals surface area (Å²) in [7, 11) is 0. The highest BCUT2D eigenvalue weighted by molar-refractivity contribution is 5.77. The number of hydrogen-bond acceptors (Lipinski definition) is 1. The van der Waals surface area contributed by atoms with Crippen LogP contribution in [0.5, 0.6) is 0 Å². The number of rotatable bonds is 2. The molecule has 1 aromatic carbocycles. The van der Waals surface area contributed by atoms with Crippen molar-refractivity contribution in [3.05, 3.63) is 35.4 Å². The van der Waals surface area contributed by atoms with Crippen LogP contribution in [0.2, 0.25) is 0 Å². The fourth-order valence-corrected chi connectivity index (χ4v) is 1.03. The first kappa shape index (κ1) is 8.78. The maximum Gasteiger partial charge on any atom is 0.0909 e. The molecule has 0 aliphatic heterocycles. The number of nitrogens with zero attached hydrogens (tertiary/aromatic N) is 1. The Labute approximate surface area is 73.1 Å². The van der Waals surface area contributed by atoms with Gasteiger partial charge in [-0.1, -0.05) is 29.8 Å². The summed E-state index contributed by atoms with van der Waals surface area (Å²) in [6.45, 7) is 4.56. The van der Waals surface area contributed by atoms with Gasteiger partial charge < -0.3 is 5.73 Å². The minimum atomic E-state index is 0.636. The zero-order valence-electron chi connectivity index (χ0n) is 7.54. The van der Waals surface area contributed by atoms with Crippen molar-refractivity contribution in [2.75, 3.05) is 0 Å². The van der Waals surface area contributed by atoms with Gasteiger partial charge in [0, 0.05) is 0 Å². The van der Waals surface area contributed by atoms with E-state index < -0.39 is 0 Å². The second-order valence-corrected chi connectivity index (χ2v) is 2.95. The van der Waals surface area contributed by atoms with Crippen LogP contribution in [0.4, 0.5) is 0 Å². The predicted molar refractivity (Wildman–Crippen MR) is 52.2 cm³/mol. The largest absolute Gasteiger partial charge is 0.388 e. The third-order valence-corrected chi connectivity index (χ3v) is 1.59. The molecule has 2 heteroatoms. The van der Waals surface area contributed by atoms with Crippen molar-refractivity contribution in [3.63, 3.8) is 0 Å². The molecular formula is C10H14N2. The molecule has 0 aromatic heterocycles. The smallest absolute Gasteiger partial charge is 0.0909 e. The Morgan fingerprint density at radius 2 is 2.25 bits per heavy atom. The van der Waals surface area contributed by atoms with Crippen LogP contribution < -0.4 is 5.73 Å². The van der Waals surface area contributed by atoms with Gasteiger partial charge in [-0.05, 0) is 19.4 Å². The van der Waals surface area contributed by atoms with E-state index in [0.29, 0.717) is 12.4 Å². The van der Waals surface area contributed by atoms with Crippen LogP contribution in [0.25, 0.3) is 0 Å². The van der Waals surface area contributed by atoms with E-state index >= 15 is 0 Å². The van der Waals surface area contributed by atoms with Crippen molar-refractivity contribution in [1.29, 1.82) is 0 Å². The molecule has 0 saturated carbocycles. The van der Waals surface area contributed by atoms with Crippen LogP contribution in [-0.2, 0) is 6.54 Å². The molecule has 2 nitrogen and oxygen atoms in total. The molecule has 0 aliphatic rings. The first-order chi connectivity index (χ1) is 5.68. The lowest BCUT2D eigenvalue weighted by molar-refractivity contribution is 1.05. The third kappa shape index (κ3) is 2.74. The third-order valence-electron chi connectivity index (χ3n) is 1.59. The highest BCUT2D eigenvalue weighted by Gasteiger charge is 1.90. The molecule has 12 heavy (non-hydrogen) atoms. The Kier molecular flexibility index (Phi) is 2.86. The molecule has 0 fully saturated rings. The van der Waals surface area contributed by atoms with Crippen molar-refractivity contribution in [1.82, 2.24) is 0 Å². The average Bonchev–Trinajstić information content (AvgIpc) is 2.01. The Balaban J connectivity index is 2.70. The monoisotopic (exact) mass is 162 g/mol. The lowest BCUT2D eigenvalue weighted by Gasteiger charge is -1.98. The quantitative estimate of drug-likeness (QED) is 0.523. The molecule has 0 radical (unpaired) electrons. The second-order valence-electron chi connectivity index (χ2n) is 2.95. The average molecular weight is 162 g/mol. The van der Waals surface area contributed by atoms with Crippen molar-refractivity contribution in [2.45, 2.75) is 20.4 Å². The van der Waals surface area contributed by atoms with E-state index in [2.05, 4.69) is 30.1 Å². The van der Waals surface area contributed by atoms with Gasteiger partial charge in [0.1, 0.15) is 0 Å². The van der Waals surface area contributed by atoms with Gasteiger partial charge in [-0.3, -0.25) is 4.99 Å². The summed E-state index contributed by atoms with van der Waals surface area (Å²) < 4.78 is 0.